The molecule has 0 aliphatic heterocycles. The van der Waals surface area contributed by atoms with Gasteiger partial charge in [0.25, 0.3) is 0 Å². The zero-order valence-electron chi connectivity index (χ0n) is 12.3. The van der Waals surface area contributed by atoms with Gasteiger partial charge in [0.15, 0.2) is 0 Å². The Morgan fingerprint density at radius 1 is 1.33 bits per heavy atom. The van der Waals surface area contributed by atoms with E-state index < -0.39 is 17.9 Å². The molecule has 0 fully saturated rings. The molecule has 21 heavy (non-hydrogen) atoms. The van der Waals surface area contributed by atoms with Crippen LogP contribution in [-0.2, 0) is 9.59 Å². The Hall–Kier alpha value is -2.08. The lowest BCUT2D eigenvalue weighted by Crippen LogP contribution is -2.41. The molecule has 0 aromatic heterocycles. The standard InChI is InChI=1S/C15H21NO5/c1-10-3-4-11(2)13(9-10)21-8-6-14(18)16-12(5-7-17)15(19)20/h3-4,9,12,17H,5-8H2,1-2H3,(H,16,18)(H,19,20)/t12-/m0/s1. The summed E-state index contributed by atoms with van der Waals surface area (Å²) < 4.78 is 5.53. The molecule has 0 aliphatic rings. The van der Waals surface area contributed by atoms with Gasteiger partial charge in [0.1, 0.15) is 11.8 Å². The summed E-state index contributed by atoms with van der Waals surface area (Å²) in [6.07, 6.45) is 0.0432. The molecule has 0 aliphatic carbocycles. The predicted molar refractivity (Wildman–Crippen MR) is 77.3 cm³/mol. The number of amides is 1. The molecule has 0 unspecified atom stereocenters. The number of carboxylic acid groups (broad SMARTS) is 1. The first-order chi connectivity index (χ1) is 9.93. The largest absolute Gasteiger partial charge is 0.493 e. The molecule has 6 heteroatoms. The molecule has 3 N–H and O–H groups in total. The van der Waals surface area contributed by atoms with Crippen molar-refractivity contribution in [2.45, 2.75) is 32.7 Å². The van der Waals surface area contributed by atoms with E-state index in [0.717, 1.165) is 11.1 Å². The van der Waals surface area contributed by atoms with Crippen LogP contribution in [0.3, 0.4) is 0 Å². The fourth-order valence-corrected chi connectivity index (χ4v) is 1.77. The molecular weight excluding hydrogens is 274 g/mol. The summed E-state index contributed by atoms with van der Waals surface area (Å²) in [5.41, 5.74) is 2.04. The van der Waals surface area contributed by atoms with Crippen LogP contribution in [0.15, 0.2) is 18.2 Å². The van der Waals surface area contributed by atoms with Crippen molar-refractivity contribution in [3.8, 4) is 5.75 Å². The summed E-state index contributed by atoms with van der Waals surface area (Å²) in [4.78, 5) is 22.5. The first kappa shape index (κ1) is 17.0. The van der Waals surface area contributed by atoms with Gasteiger partial charge in [-0.2, -0.15) is 0 Å². The molecule has 6 nitrogen and oxygen atoms in total. The molecule has 0 bridgehead atoms. The molecule has 0 radical (unpaired) electrons. The number of aliphatic hydroxyl groups excluding tert-OH is 1. The van der Waals surface area contributed by atoms with E-state index in [2.05, 4.69) is 5.32 Å². The Bertz CT molecular complexity index is 501. The van der Waals surface area contributed by atoms with Gasteiger partial charge in [-0.25, -0.2) is 4.79 Å². The highest BCUT2D eigenvalue weighted by Crippen LogP contribution is 2.19. The van der Waals surface area contributed by atoms with Gasteiger partial charge >= 0.3 is 5.97 Å². The van der Waals surface area contributed by atoms with Gasteiger partial charge in [0, 0.05) is 13.0 Å². The zero-order valence-corrected chi connectivity index (χ0v) is 12.3. The van der Waals surface area contributed by atoms with E-state index in [4.69, 9.17) is 14.9 Å². The number of aliphatic carboxylic acids is 1. The third kappa shape index (κ3) is 5.83. The Balaban J connectivity index is 2.42. The van der Waals surface area contributed by atoms with Crippen LogP contribution >= 0.6 is 0 Å². The number of carboxylic acids is 1. The van der Waals surface area contributed by atoms with E-state index >= 15 is 0 Å². The number of ether oxygens (including phenoxy) is 1. The number of carbonyl (C=O) groups is 2. The first-order valence-electron chi connectivity index (χ1n) is 6.77. The van der Waals surface area contributed by atoms with Crippen LogP contribution in [0, 0.1) is 13.8 Å². The minimum Gasteiger partial charge on any atom is -0.493 e. The number of nitrogens with one attached hydrogen (secondary N) is 1. The maximum atomic E-state index is 11.6. The van der Waals surface area contributed by atoms with E-state index in [1.54, 1.807) is 0 Å². The van der Waals surface area contributed by atoms with Crippen molar-refractivity contribution in [1.82, 2.24) is 5.32 Å². The van der Waals surface area contributed by atoms with Crippen molar-refractivity contribution >= 4 is 11.9 Å². The van der Waals surface area contributed by atoms with E-state index in [9.17, 15) is 9.59 Å². The fourth-order valence-electron chi connectivity index (χ4n) is 1.77. The monoisotopic (exact) mass is 295 g/mol. The second kappa shape index (κ2) is 8.26. The summed E-state index contributed by atoms with van der Waals surface area (Å²) in [5.74, 6) is -0.859. The van der Waals surface area contributed by atoms with Crippen LogP contribution in [0.25, 0.3) is 0 Å². The number of rotatable bonds is 8. The smallest absolute Gasteiger partial charge is 0.326 e. The molecule has 1 atom stereocenters. The summed E-state index contributed by atoms with van der Waals surface area (Å²) >= 11 is 0. The number of benzene rings is 1. The lowest BCUT2D eigenvalue weighted by Gasteiger charge is -2.14. The average Bonchev–Trinajstić information content (AvgIpc) is 2.42. The van der Waals surface area contributed by atoms with Gasteiger partial charge in [-0.3, -0.25) is 4.79 Å². The SMILES string of the molecule is Cc1ccc(C)c(OCCC(=O)N[C@@H](CCO)C(=O)O)c1. The minimum absolute atomic E-state index is 0.0150. The van der Waals surface area contributed by atoms with Gasteiger partial charge in [-0.05, 0) is 31.0 Å². The maximum absolute atomic E-state index is 11.6. The van der Waals surface area contributed by atoms with Crippen LogP contribution in [-0.4, -0.2) is 41.3 Å². The van der Waals surface area contributed by atoms with Crippen molar-refractivity contribution in [2.75, 3.05) is 13.2 Å². The van der Waals surface area contributed by atoms with Gasteiger partial charge in [-0.1, -0.05) is 12.1 Å². The second-order valence-corrected chi connectivity index (χ2v) is 4.84. The third-order valence-corrected chi connectivity index (χ3v) is 2.98. The van der Waals surface area contributed by atoms with Crippen molar-refractivity contribution in [3.63, 3.8) is 0 Å². The summed E-state index contributed by atoms with van der Waals surface area (Å²) in [6, 6.07) is 4.73. The fraction of sp³-hybridized carbons (Fsp3) is 0.467. The minimum atomic E-state index is -1.16. The molecule has 1 aromatic carbocycles. The van der Waals surface area contributed by atoms with Gasteiger partial charge < -0.3 is 20.3 Å². The third-order valence-electron chi connectivity index (χ3n) is 2.98. The molecule has 0 saturated carbocycles. The van der Waals surface area contributed by atoms with Crippen molar-refractivity contribution in [3.05, 3.63) is 29.3 Å². The van der Waals surface area contributed by atoms with Crippen molar-refractivity contribution in [1.29, 1.82) is 0 Å². The van der Waals surface area contributed by atoms with Gasteiger partial charge in [-0.15, -0.1) is 0 Å². The highest BCUT2D eigenvalue weighted by Gasteiger charge is 2.18. The second-order valence-electron chi connectivity index (χ2n) is 4.84. The average molecular weight is 295 g/mol. The van der Waals surface area contributed by atoms with E-state index in [0.29, 0.717) is 5.75 Å². The Labute approximate surface area is 123 Å². The first-order valence-corrected chi connectivity index (χ1v) is 6.77. The molecule has 0 spiro atoms. The quantitative estimate of drug-likeness (QED) is 0.665. The molecule has 1 amide bonds. The Morgan fingerprint density at radius 2 is 2.05 bits per heavy atom. The molecule has 1 rings (SSSR count). The number of carbonyl (C=O) groups excluding carboxylic acids is 1. The predicted octanol–water partition coefficient (Wildman–Crippen LogP) is 1.02. The highest BCUT2D eigenvalue weighted by molar-refractivity contribution is 5.83. The Morgan fingerprint density at radius 3 is 2.67 bits per heavy atom. The number of hydrogen-bond donors (Lipinski definition) is 3. The highest BCUT2D eigenvalue weighted by atomic mass is 16.5. The van der Waals surface area contributed by atoms with E-state index in [-0.39, 0.29) is 26.1 Å². The summed E-state index contributed by atoms with van der Waals surface area (Å²) in [5, 5.41) is 20.0. The van der Waals surface area contributed by atoms with Crippen LogP contribution in [0.4, 0.5) is 0 Å². The van der Waals surface area contributed by atoms with Crippen molar-refractivity contribution in [2.24, 2.45) is 0 Å². The lowest BCUT2D eigenvalue weighted by molar-refractivity contribution is -0.142. The lowest BCUT2D eigenvalue weighted by atomic mass is 10.1. The maximum Gasteiger partial charge on any atom is 0.326 e. The zero-order chi connectivity index (χ0) is 15.8. The number of aliphatic hydroxyl groups is 1. The normalized spacial score (nSPS) is 11.8. The topological polar surface area (TPSA) is 95.9 Å². The van der Waals surface area contributed by atoms with Crippen LogP contribution in [0.1, 0.15) is 24.0 Å². The molecule has 0 heterocycles. The van der Waals surface area contributed by atoms with E-state index in [1.807, 2.05) is 32.0 Å². The van der Waals surface area contributed by atoms with Crippen molar-refractivity contribution < 1.29 is 24.5 Å². The number of aryl methyl sites for hydroxylation is 2. The number of hydrogen-bond acceptors (Lipinski definition) is 4. The van der Waals surface area contributed by atoms with Crippen LogP contribution in [0.2, 0.25) is 0 Å². The van der Waals surface area contributed by atoms with Gasteiger partial charge in [0.05, 0.1) is 13.0 Å². The molecule has 1 aromatic rings. The molecule has 116 valence electrons. The van der Waals surface area contributed by atoms with Crippen LogP contribution < -0.4 is 10.1 Å². The molecular formula is C15H21NO5. The van der Waals surface area contributed by atoms with Crippen LogP contribution in [0.5, 0.6) is 5.75 Å². The van der Waals surface area contributed by atoms with E-state index in [1.165, 1.54) is 0 Å². The molecule has 0 saturated heterocycles. The van der Waals surface area contributed by atoms with Gasteiger partial charge in [0.2, 0.25) is 5.91 Å². The Kier molecular flexibility index (Phi) is 6.68. The summed E-state index contributed by atoms with van der Waals surface area (Å²) in [6.45, 7) is 3.74. The summed E-state index contributed by atoms with van der Waals surface area (Å²) in [7, 11) is 0.